The van der Waals surface area contributed by atoms with Gasteiger partial charge in [-0.05, 0) is 42.7 Å². The van der Waals surface area contributed by atoms with Gasteiger partial charge in [0.1, 0.15) is 6.17 Å². The molecule has 0 saturated carbocycles. The largest absolute Gasteiger partial charge is 0.352 e. The predicted octanol–water partition coefficient (Wildman–Crippen LogP) is 2.36. The number of nitrogens with one attached hydrogen (secondary N) is 1. The van der Waals surface area contributed by atoms with Gasteiger partial charge in [0.2, 0.25) is 10.0 Å². The Morgan fingerprint density at radius 1 is 1.19 bits per heavy atom. The third-order valence-electron chi connectivity index (χ3n) is 4.94. The highest BCUT2D eigenvalue weighted by Gasteiger charge is 2.50. The van der Waals surface area contributed by atoms with Gasteiger partial charge >= 0.3 is 0 Å². The Bertz CT molecular complexity index is 973. The van der Waals surface area contributed by atoms with Gasteiger partial charge in [0.05, 0.1) is 10.9 Å². The molecular formula is C19H19FN2O3S. The molecule has 0 aliphatic carbocycles. The third kappa shape index (κ3) is 2.91. The van der Waals surface area contributed by atoms with E-state index in [-0.39, 0.29) is 17.3 Å². The fraction of sp³-hybridized carbons (Fsp3) is 0.316. The molecule has 0 bridgehead atoms. The molecule has 1 fully saturated rings. The minimum absolute atomic E-state index is 0.150. The maximum Gasteiger partial charge on any atom is 0.251 e. The van der Waals surface area contributed by atoms with Crippen molar-refractivity contribution < 1.29 is 17.6 Å². The smallest absolute Gasteiger partial charge is 0.251 e. The molecule has 2 aromatic carbocycles. The predicted molar refractivity (Wildman–Crippen MR) is 95.2 cm³/mol. The fourth-order valence-electron chi connectivity index (χ4n) is 3.34. The third-order valence-corrected chi connectivity index (χ3v) is 6.85. The monoisotopic (exact) mass is 374 g/mol. The zero-order valence-corrected chi connectivity index (χ0v) is 15.1. The number of nitrogens with zero attached hydrogens (tertiary/aromatic N) is 1. The van der Waals surface area contributed by atoms with Crippen LogP contribution >= 0.6 is 0 Å². The van der Waals surface area contributed by atoms with E-state index in [1.54, 1.807) is 42.5 Å². The highest BCUT2D eigenvalue weighted by Crippen LogP contribution is 2.39. The van der Waals surface area contributed by atoms with Crippen LogP contribution in [0.5, 0.6) is 0 Å². The quantitative estimate of drug-likeness (QED) is 0.836. The summed E-state index contributed by atoms with van der Waals surface area (Å²) in [5, 5.41) is 2.75. The van der Waals surface area contributed by atoms with E-state index >= 15 is 0 Å². The lowest BCUT2D eigenvalue weighted by molar-refractivity contribution is 0.0946. The molecule has 3 atom stereocenters. The highest BCUT2D eigenvalue weighted by atomic mass is 32.2. The van der Waals surface area contributed by atoms with Gasteiger partial charge in [0.15, 0.2) is 0 Å². The van der Waals surface area contributed by atoms with Crippen LogP contribution in [0.2, 0.25) is 0 Å². The number of aryl methyl sites for hydroxylation is 1. The van der Waals surface area contributed by atoms with Gasteiger partial charge in [0, 0.05) is 18.7 Å². The molecule has 2 aliphatic rings. The Hall–Kier alpha value is -2.25. The summed E-state index contributed by atoms with van der Waals surface area (Å²) in [6.45, 7) is 2.57. The summed E-state index contributed by atoms with van der Waals surface area (Å²) in [5.74, 6) is -0.150. The summed E-state index contributed by atoms with van der Waals surface area (Å²) in [6, 6.07) is 10.7. The molecule has 1 saturated heterocycles. The summed E-state index contributed by atoms with van der Waals surface area (Å²) in [7, 11) is -3.68. The molecule has 0 spiro atoms. The Morgan fingerprint density at radius 3 is 2.65 bits per heavy atom. The van der Waals surface area contributed by atoms with Crippen molar-refractivity contribution in [3.05, 3.63) is 64.7 Å². The number of carbonyl (C=O) groups excluding carboxylic acids is 1. The number of amides is 1. The number of rotatable bonds is 4. The lowest BCUT2D eigenvalue weighted by Crippen LogP contribution is -2.31. The molecule has 0 aromatic heterocycles. The van der Waals surface area contributed by atoms with Gasteiger partial charge in [-0.25, -0.2) is 12.8 Å². The maximum atomic E-state index is 14.9. The molecule has 7 heteroatoms. The Kier molecular flexibility index (Phi) is 4.08. The van der Waals surface area contributed by atoms with Crippen LogP contribution in [0.4, 0.5) is 4.39 Å². The topological polar surface area (TPSA) is 66.2 Å². The first kappa shape index (κ1) is 17.2. The van der Waals surface area contributed by atoms with Crippen LogP contribution < -0.4 is 5.32 Å². The van der Waals surface area contributed by atoms with E-state index in [2.05, 4.69) is 5.32 Å². The van der Waals surface area contributed by atoms with Crippen molar-refractivity contribution in [3.63, 3.8) is 0 Å². The maximum absolute atomic E-state index is 14.9. The molecule has 0 radical (unpaired) electrons. The van der Waals surface area contributed by atoms with Crippen LogP contribution in [0.1, 0.15) is 33.2 Å². The van der Waals surface area contributed by atoms with Crippen LogP contribution in [-0.4, -0.2) is 37.8 Å². The number of sulfonamides is 1. The van der Waals surface area contributed by atoms with Crippen LogP contribution in [0.3, 0.4) is 0 Å². The molecule has 136 valence electrons. The van der Waals surface area contributed by atoms with Gasteiger partial charge in [-0.3, -0.25) is 4.79 Å². The molecule has 1 amide bonds. The van der Waals surface area contributed by atoms with E-state index in [0.29, 0.717) is 24.1 Å². The lowest BCUT2D eigenvalue weighted by atomic mass is 9.95. The van der Waals surface area contributed by atoms with Crippen molar-refractivity contribution in [2.75, 3.05) is 13.1 Å². The number of fused-ring (bicyclic) bond motifs is 1. The summed E-state index contributed by atoms with van der Waals surface area (Å²) >= 11 is 0. The Morgan fingerprint density at radius 2 is 1.92 bits per heavy atom. The van der Waals surface area contributed by atoms with Crippen molar-refractivity contribution in [3.8, 4) is 0 Å². The van der Waals surface area contributed by atoms with Gasteiger partial charge in [-0.15, -0.1) is 0 Å². The standard InChI is InChI=1S/C19H19FN2O3S/c1-12-2-5-15(6-3-12)26(24,25)22-11-17(22)18(20)14-4-7-16-13(10-14)8-9-21-19(16)23/h2-7,10,17-18H,8-9,11H2,1H3,(H,21,23)/t17-,18-,22?/m0/s1. The summed E-state index contributed by atoms with van der Waals surface area (Å²) in [5.41, 5.74) is 2.76. The molecule has 5 nitrogen and oxygen atoms in total. The number of halogens is 1. The van der Waals surface area contributed by atoms with E-state index in [9.17, 15) is 17.6 Å². The number of alkyl halides is 1. The first-order valence-corrected chi connectivity index (χ1v) is 9.95. The number of hydrogen-bond donors (Lipinski definition) is 1. The first-order chi connectivity index (χ1) is 12.4. The van der Waals surface area contributed by atoms with Crippen molar-refractivity contribution in [1.82, 2.24) is 9.62 Å². The lowest BCUT2D eigenvalue weighted by Gasteiger charge is -2.18. The number of benzene rings is 2. The first-order valence-electron chi connectivity index (χ1n) is 8.51. The van der Waals surface area contributed by atoms with Crippen molar-refractivity contribution in [2.45, 2.75) is 30.5 Å². The molecule has 1 N–H and O–H groups in total. The van der Waals surface area contributed by atoms with E-state index in [1.165, 1.54) is 4.31 Å². The molecule has 1 unspecified atom stereocenters. The summed E-state index contributed by atoms with van der Waals surface area (Å²) in [6.07, 6.45) is -0.761. The van der Waals surface area contributed by atoms with Crippen LogP contribution in [-0.2, 0) is 16.4 Å². The van der Waals surface area contributed by atoms with Crippen LogP contribution in [0.15, 0.2) is 47.4 Å². The zero-order valence-electron chi connectivity index (χ0n) is 14.3. The molecule has 26 heavy (non-hydrogen) atoms. The van der Waals surface area contributed by atoms with Gasteiger partial charge < -0.3 is 5.32 Å². The Labute approximate surface area is 151 Å². The van der Waals surface area contributed by atoms with E-state index in [1.807, 2.05) is 6.92 Å². The van der Waals surface area contributed by atoms with Crippen LogP contribution in [0.25, 0.3) is 0 Å². The fourth-order valence-corrected chi connectivity index (χ4v) is 4.90. The molecular weight excluding hydrogens is 355 g/mol. The molecule has 4 rings (SSSR count). The minimum atomic E-state index is -3.68. The molecule has 2 heterocycles. The second kappa shape index (κ2) is 6.17. The average Bonchev–Trinajstić information content (AvgIpc) is 3.43. The normalized spacial score (nSPS) is 23.1. The second-order valence-corrected chi connectivity index (χ2v) is 8.67. The highest BCUT2D eigenvalue weighted by molar-refractivity contribution is 7.89. The van der Waals surface area contributed by atoms with Crippen LogP contribution in [0, 0.1) is 6.92 Å². The zero-order chi connectivity index (χ0) is 18.5. The average molecular weight is 374 g/mol. The van der Waals surface area contributed by atoms with E-state index in [0.717, 1.165) is 11.1 Å². The van der Waals surface area contributed by atoms with Crippen molar-refractivity contribution in [2.24, 2.45) is 0 Å². The van der Waals surface area contributed by atoms with Crippen molar-refractivity contribution in [1.29, 1.82) is 0 Å². The Balaban J connectivity index is 1.55. The van der Waals surface area contributed by atoms with E-state index in [4.69, 9.17) is 0 Å². The second-order valence-electron chi connectivity index (χ2n) is 6.78. The van der Waals surface area contributed by atoms with E-state index < -0.39 is 22.2 Å². The minimum Gasteiger partial charge on any atom is -0.352 e. The number of carbonyl (C=O) groups is 1. The SMILES string of the molecule is Cc1ccc(S(=O)(=O)N2C[C@H]2[C@@H](F)c2ccc3c(c2)CCNC3=O)cc1. The molecule has 2 aliphatic heterocycles. The summed E-state index contributed by atoms with van der Waals surface area (Å²) in [4.78, 5) is 12.0. The summed E-state index contributed by atoms with van der Waals surface area (Å²) < 4.78 is 41.4. The van der Waals surface area contributed by atoms with Crippen molar-refractivity contribution >= 4 is 15.9 Å². The van der Waals surface area contributed by atoms with Gasteiger partial charge in [-0.2, -0.15) is 4.31 Å². The van der Waals surface area contributed by atoms with Gasteiger partial charge in [0.25, 0.3) is 5.91 Å². The molecule has 2 aromatic rings. The van der Waals surface area contributed by atoms with Gasteiger partial charge in [-0.1, -0.05) is 29.8 Å². The number of hydrogen-bond acceptors (Lipinski definition) is 3.